The Labute approximate surface area is 169 Å². The molecule has 0 amide bonds. The van der Waals surface area contributed by atoms with Crippen LogP contribution in [0.3, 0.4) is 0 Å². The van der Waals surface area contributed by atoms with Gasteiger partial charge in [0.25, 0.3) is 5.65 Å². The van der Waals surface area contributed by atoms with E-state index in [0.29, 0.717) is 24.6 Å². The van der Waals surface area contributed by atoms with E-state index in [-0.39, 0.29) is 16.7 Å². The number of hydrogen-bond acceptors (Lipinski definition) is 4. The SMILES string of the molecule is CSCON=CCC[n+]1cc(-c2cccc(C(F)(F)F)c2)c(=O)n2ccccc21. The zero-order valence-electron chi connectivity index (χ0n) is 15.6. The summed E-state index contributed by atoms with van der Waals surface area (Å²) in [7, 11) is 0. The smallest absolute Gasteiger partial charge is 0.385 e. The van der Waals surface area contributed by atoms with Crippen LogP contribution in [0.25, 0.3) is 16.8 Å². The first kappa shape index (κ1) is 20.9. The third-order valence-electron chi connectivity index (χ3n) is 4.19. The molecule has 0 aliphatic rings. The van der Waals surface area contributed by atoms with E-state index in [4.69, 9.17) is 4.84 Å². The first-order chi connectivity index (χ1) is 13.9. The van der Waals surface area contributed by atoms with Gasteiger partial charge in [0.15, 0.2) is 5.94 Å². The molecule has 0 atom stereocenters. The van der Waals surface area contributed by atoms with Crippen molar-refractivity contribution in [3.8, 4) is 11.1 Å². The summed E-state index contributed by atoms with van der Waals surface area (Å²) in [6.45, 7) is 0.478. The zero-order valence-corrected chi connectivity index (χ0v) is 16.4. The summed E-state index contributed by atoms with van der Waals surface area (Å²) in [5.41, 5.74) is -0.138. The maximum atomic E-state index is 13.1. The number of thioether (sulfide) groups is 1. The lowest BCUT2D eigenvalue weighted by molar-refractivity contribution is -0.672. The number of nitrogens with zero attached hydrogens (tertiary/aromatic N) is 3. The second-order valence-electron chi connectivity index (χ2n) is 6.16. The monoisotopic (exact) mass is 422 g/mol. The lowest BCUT2D eigenvalue weighted by Crippen LogP contribution is -2.40. The molecule has 0 aliphatic carbocycles. The molecule has 0 N–H and O–H groups in total. The van der Waals surface area contributed by atoms with E-state index in [9.17, 15) is 18.0 Å². The van der Waals surface area contributed by atoms with E-state index >= 15 is 0 Å². The van der Waals surface area contributed by atoms with E-state index in [2.05, 4.69) is 5.16 Å². The van der Waals surface area contributed by atoms with Gasteiger partial charge in [-0.25, -0.2) is 9.36 Å². The standard InChI is InChI=1S/C20H19F3N3O2S/c1-29-14-28-24-9-5-10-25-13-17(19(27)26-11-3-2-8-18(25)26)15-6-4-7-16(12-15)20(21,22)23/h2-4,6-9,11-13H,5,10,14H2,1H3/q+1. The van der Waals surface area contributed by atoms with Crippen LogP contribution in [-0.2, 0) is 17.6 Å². The van der Waals surface area contributed by atoms with E-state index in [1.54, 1.807) is 36.8 Å². The number of alkyl halides is 3. The third kappa shape index (κ3) is 4.97. The van der Waals surface area contributed by atoms with Gasteiger partial charge in [0.2, 0.25) is 0 Å². The van der Waals surface area contributed by atoms with Crippen molar-refractivity contribution in [1.29, 1.82) is 0 Å². The second kappa shape index (κ2) is 9.13. The number of rotatable bonds is 7. The molecule has 2 aromatic heterocycles. The highest BCUT2D eigenvalue weighted by Gasteiger charge is 2.31. The molecule has 3 aromatic rings. The van der Waals surface area contributed by atoms with Crippen LogP contribution >= 0.6 is 11.8 Å². The van der Waals surface area contributed by atoms with Crippen LogP contribution in [-0.4, -0.2) is 22.8 Å². The highest BCUT2D eigenvalue weighted by Crippen LogP contribution is 2.31. The summed E-state index contributed by atoms with van der Waals surface area (Å²) in [6.07, 6.45) is 2.76. The fourth-order valence-corrected chi connectivity index (χ4v) is 3.04. The van der Waals surface area contributed by atoms with E-state index in [1.807, 2.05) is 10.8 Å². The molecule has 0 unspecified atom stereocenters. The maximum absolute atomic E-state index is 13.1. The van der Waals surface area contributed by atoms with Crippen LogP contribution in [0.5, 0.6) is 0 Å². The van der Waals surface area contributed by atoms with Gasteiger partial charge in [0.05, 0.1) is 18.3 Å². The fraction of sp³-hybridized carbons (Fsp3) is 0.250. The molecule has 5 nitrogen and oxygen atoms in total. The molecule has 9 heteroatoms. The van der Waals surface area contributed by atoms with Crippen molar-refractivity contribution in [2.24, 2.45) is 5.16 Å². The predicted octanol–water partition coefficient (Wildman–Crippen LogP) is 3.99. The predicted molar refractivity (Wildman–Crippen MR) is 107 cm³/mol. The Hall–Kier alpha value is -2.81. The summed E-state index contributed by atoms with van der Waals surface area (Å²) in [6, 6.07) is 10.1. The van der Waals surface area contributed by atoms with Gasteiger partial charge >= 0.3 is 11.7 Å². The Morgan fingerprint density at radius 3 is 2.83 bits per heavy atom. The Kier molecular flexibility index (Phi) is 6.58. The molecule has 0 saturated heterocycles. The van der Waals surface area contributed by atoms with E-state index < -0.39 is 11.7 Å². The number of halogens is 3. The average molecular weight is 422 g/mol. The van der Waals surface area contributed by atoms with Crippen LogP contribution in [0, 0.1) is 0 Å². The molecule has 152 valence electrons. The van der Waals surface area contributed by atoms with Crippen molar-refractivity contribution in [2.75, 3.05) is 12.2 Å². The van der Waals surface area contributed by atoms with Gasteiger partial charge in [-0.1, -0.05) is 23.4 Å². The van der Waals surface area contributed by atoms with Crippen molar-refractivity contribution in [3.05, 3.63) is 70.8 Å². The van der Waals surface area contributed by atoms with Crippen molar-refractivity contribution in [3.63, 3.8) is 0 Å². The average Bonchev–Trinajstić information content (AvgIpc) is 2.71. The van der Waals surface area contributed by atoms with Crippen LogP contribution in [0.2, 0.25) is 0 Å². The fourth-order valence-electron chi connectivity index (χ4n) is 2.87. The molecule has 29 heavy (non-hydrogen) atoms. The summed E-state index contributed by atoms with van der Waals surface area (Å²) in [5.74, 6) is 0.451. The van der Waals surface area contributed by atoms with Gasteiger partial charge in [-0.15, -0.1) is 11.8 Å². The van der Waals surface area contributed by atoms with Crippen LogP contribution in [0.4, 0.5) is 13.2 Å². The van der Waals surface area contributed by atoms with E-state index in [1.165, 1.54) is 28.3 Å². The van der Waals surface area contributed by atoms with Crippen molar-refractivity contribution < 1.29 is 22.6 Å². The molecule has 0 radical (unpaired) electrons. The molecule has 0 spiro atoms. The molecule has 1 aromatic carbocycles. The number of benzene rings is 1. The van der Waals surface area contributed by atoms with Crippen LogP contribution < -0.4 is 10.1 Å². The molecule has 0 bridgehead atoms. The van der Waals surface area contributed by atoms with E-state index in [0.717, 1.165) is 12.1 Å². The Morgan fingerprint density at radius 1 is 1.24 bits per heavy atom. The Balaban J connectivity index is 2.02. The van der Waals surface area contributed by atoms with Crippen LogP contribution in [0.1, 0.15) is 12.0 Å². The molecule has 0 fully saturated rings. The zero-order chi connectivity index (χ0) is 20.9. The highest BCUT2D eigenvalue weighted by molar-refractivity contribution is 7.98. The number of aromatic nitrogens is 2. The summed E-state index contributed by atoms with van der Waals surface area (Å²) in [5, 5.41) is 3.84. The minimum atomic E-state index is -4.48. The molecule has 0 aliphatic heterocycles. The largest absolute Gasteiger partial charge is 0.416 e. The van der Waals surface area contributed by atoms with Gasteiger partial charge in [0, 0.05) is 18.7 Å². The van der Waals surface area contributed by atoms with Gasteiger partial charge in [-0.05, 0) is 30.0 Å². The highest BCUT2D eigenvalue weighted by atomic mass is 32.2. The minimum absolute atomic E-state index is 0.190. The molecular weight excluding hydrogens is 403 g/mol. The molecule has 3 rings (SSSR count). The van der Waals surface area contributed by atoms with Crippen LogP contribution in [0.15, 0.2) is 64.8 Å². The number of hydrogen-bond donors (Lipinski definition) is 0. The van der Waals surface area contributed by atoms with Gasteiger partial charge in [0.1, 0.15) is 11.8 Å². The normalized spacial score (nSPS) is 12.0. The van der Waals surface area contributed by atoms with Gasteiger partial charge in [-0.2, -0.15) is 17.6 Å². The lowest BCUT2D eigenvalue weighted by Gasteiger charge is -2.09. The Morgan fingerprint density at radius 2 is 2.07 bits per heavy atom. The maximum Gasteiger partial charge on any atom is 0.416 e. The summed E-state index contributed by atoms with van der Waals surface area (Å²) in [4.78, 5) is 17.9. The lowest BCUT2D eigenvalue weighted by atomic mass is 10.1. The first-order valence-electron chi connectivity index (χ1n) is 8.76. The molecule has 2 heterocycles. The summed E-state index contributed by atoms with van der Waals surface area (Å²) >= 11 is 1.50. The number of oxime groups is 1. The number of aryl methyl sites for hydroxylation is 1. The topological polar surface area (TPSA) is 47.0 Å². The second-order valence-corrected chi connectivity index (χ2v) is 6.97. The third-order valence-corrected chi connectivity index (χ3v) is 4.53. The Bertz CT molecular complexity index is 1080. The first-order valence-corrected chi connectivity index (χ1v) is 10.2. The van der Waals surface area contributed by atoms with Gasteiger partial charge < -0.3 is 4.84 Å². The van der Waals surface area contributed by atoms with Crippen molar-refractivity contribution in [2.45, 2.75) is 19.1 Å². The summed E-state index contributed by atoms with van der Waals surface area (Å²) < 4.78 is 42.5. The quantitative estimate of drug-likeness (QED) is 0.190. The van der Waals surface area contributed by atoms with Gasteiger partial charge in [-0.3, -0.25) is 0 Å². The number of pyridine rings is 1. The van der Waals surface area contributed by atoms with Crippen molar-refractivity contribution in [1.82, 2.24) is 4.40 Å². The minimum Gasteiger partial charge on any atom is -0.385 e. The number of fused-ring (bicyclic) bond motifs is 1. The molecular formula is C20H19F3N3O2S+. The molecule has 0 saturated carbocycles. The van der Waals surface area contributed by atoms with Crippen molar-refractivity contribution >= 4 is 23.6 Å².